The molecule has 3 N–H and O–H groups in total. The number of sulfonamides is 1. The van der Waals surface area contributed by atoms with Gasteiger partial charge in [-0.3, -0.25) is 4.68 Å². The lowest BCUT2D eigenvalue weighted by Gasteiger charge is -2.11. The molecule has 0 bridgehead atoms. The van der Waals surface area contributed by atoms with Crippen molar-refractivity contribution in [2.75, 3.05) is 19.4 Å². The number of hydrogen-bond acceptors (Lipinski definition) is 5. The van der Waals surface area contributed by atoms with E-state index >= 15 is 0 Å². The number of nitrogens with zero attached hydrogens (tertiary/aromatic N) is 2. The first-order valence-corrected chi connectivity index (χ1v) is 7.42. The van der Waals surface area contributed by atoms with Crippen LogP contribution in [-0.4, -0.2) is 31.9 Å². The summed E-state index contributed by atoms with van der Waals surface area (Å²) in [4.78, 5) is 0.0645. The van der Waals surface area contributed by atoms with Gasteiger partial charge >= 0.3 is 0 Å². The number of ether oxygens (including phenoxy) is 1. The van der Waals surface area contributed by atoms with Crippen molar-refractivity contribution in [3.8, 4) is 5.75 Å². The zero-order chi connectivity index (χ0) is 14.6. The predicted molar refractivity (Wildman–Crippen MR) is 74.8 cm³/mol. The lowest BCUT2D eigenvalue weighted by atomic mass is 10.3. The Morgan fingerprint density at radius 2 is 2.25 bits per heavy atom. The molecular weight excluding hydrogens is 280 g/mol. The molecule has 0 radical (unpaired) electrons. The molecule has 2 aromatic rings. The Bertz CT molecular complexity index is 668. The van der Waals surface area contributed by atoms with E-state index in [1.54, 1.807) is 23.1 Å². The number of anilines is 1. The first-order chi connectivity index (χ1) is 9.53. The van der Waals surface area contributed by atoms with Crippen LogP contribution >= 0.6 is 0 Å². The van der Waals surface area contributed by atoms with Crippen molar-refractivity contribution in [3.63, 3.8) is 0 Å². The summed E-state index contributed by atoms with van der Waals surface area (Å²) in [6.07, 6.45) is 3.40. The fraction of sp³-hybridized carbons (Fsp3) is 0.250. The maximum absolute atomic E-state index is 12.2. The van der Waals surface area contributed by atoms with Gasteiger partial charge in [-0.2, -0.15) is 5.10 Å². The maximum atomic E-state index is 12.2. The molecule has 8 heteroatoms. The Morgan fingerprint density at radius 3 is 2.90 bits per heavy atom. The summed E-state index contributed by atoms with van der Waals surface area (Å²) in [6, 6.07) is 6.19. The summed E-state index contributed by atoms with van der Waals surface area (Å²) in [7, 11) is -2.24. The van der Waals surface area contributed by atoms with Gasteiger partial charge in [0.15, 0.2) is 0 Å². The minimum atomic E-state index is -3.64. The Morgan fingerprint density at radius 1 is 1.45 bits per heavy atom. The topological polar surface area (TPSA) is 99.2 Å². The molecule has 0 spiro atoms. The summed E-state index contributed by atoms with van der Waals surface area (Å²) in [5, 5.41) is 3.99. The molecule has 0 aliphatic carbocycles. The SMILES string of the molecule is COc1cc(N)ccc1S(=O)(=O)NCCn1cccn1. The predicted octanol–water partition coefficient (Wildman–Crippen LogP) is 0.452. The van der Waals surface area contributed by atoms with Crippen molar-refractivity contribution < 1.29 is 13.2 Å². The molecule has 0 fully saturated rings. The van der Waals surface area contributed by atoms with Crippen LogP contribution in [0, 0.1) is 0 Å². The Balaban J connectivity index is 2.10. The lowest BCUT2D eigenvalue weighted by Crippen LogP contribution is -2.28. The fourth-order valence-corrected chi connectivity index (χ4v) is 2.88. The molecule has 0 atom stereocenters. The third-order valence-electron chi connectivity index (χ3n) is 2.67. The first kappa shape index (κ1) is 14.4. The summed E-state index contributed by atoms with van der Waals surface area (Å²) in [6.45, 7) is 0.682. The van der Waals surface area contributed by atoms with Crippen LogP contribution in [0.4, 0.5) is 5.69 Å². The maximum Gasteiger partial charge on any atom is 0.244 e. The van der Waals surface area contributed by atoms with Gasteiger partial charge in [0.2, 0.25) is 10.0 Å². The molecule has 0 aliphatic rings. The molecule has 0 amide bonds. The van der Waals surface area contributed by atoms with Crippen molar-refractivity contribution >= 4 is 15.7 Å². The number of aromatic nitrogens is 2. The second kappa shape index (κ2) is 5.93. The Kier molecular flexibility index (Phi) is 4.26. The van der Waals surface area contributed by atoms with Gasteiger partial charge in [-0.05, 0) is 18.2 Å². The highest BCUT2D eigenvalue weighted by atomic mass is 32.2. The molecule has 1 aromatic carbocycles. The van der Waals surface area contributed by atoms with Gasteiger partial charge in [0.1, 0.15) is 10.6 Å². The molecule has 0 unspecified atom stereocenters. The van der Waals surface area contributed by atoms with Crippen LogP contribution < -0.4 is 15.2 Å². The van der Waals surface area contributed by atoms with Crippen LogP contribution in [-0.2, 0) is 16.6 Å². The molecule has 0 saturated heterocycles. The quantitative estimate of drug-likeness (QED) is 0.754. The highest BCUT2D eigenvalue weighted by molar-refractivity contribution is 7.89. The molecule has 0 aliphatic heterocycles. The number of nitrogen functional groups attached to an aromatic ring is 1. The zero-order valence-corrected chi connectivity index (χ0v) is 11.8. The number of rotatable bonds is 6. The van der Waals surface area contributed by atoms with E-state index in [-0.39, 0.29) is 17.2 Å². The molecule has 0 saturated carbocycles. The monoisotopic (exact) mass is 296 g/mol. The molecule has 7 nitrogen and oxygen atoms in total. The molecule has 1 aromatic heterocycles. The van der Waals surface area contributed by atoms with Gasteiger partial charge in [0, 0.05) is 30.7 Å². The summed E-state index contributed by atoms with van der Waals surface area (Å²) >= 11 is 0. The minimum absolute atomic E-state index is 0.0645. The highest BCUT2D eigenvalue weighted by Gasteiger charge is 2.19. The van der Waals surface area contributed by atoms with Crippen LogP contribution in [0.15, 0.2) is 41.6 Å². The van der Waals surface area contributed by atoms with Gasteiger partial charge in [-0.25, -0.2) is 13.1 Å². The molecule has 20 heavy (non-hydrogen) atoms. The van der Waals surface area contributed by atoms with E-state index in [2.05, 4.69) is 9.82 Å². The van der Waals surface area contributed by atoms with Gasteiger partial charge in [0.05, 0.1) is 13.7 Å². The van der Waals surface area contributed by atoms with Crippen LogP contribution in [0.25, 0.3) is 0 Å². The van der Waals surface area contributed by atoms with E-state index in [9.17, 15) is 8.42 Å². The number of nitrogens with two attached hydrogens (primary N) is 1. The summed E-state index contributed by atoms with van der Waals surface area (Å²) in [5.41, 5.74) is 6.05. The van der Waals surface area contributed by atoms with Gasteiger partial charge in [-0.15, -0.1) is 0 Å². The highest BCUT2D eigenvalue weighted by Crippen LogP contribution is 2.25. The van der Waals surface area contributed by atoms with E-state index in [1.807, 2.05) is 0 Å². The Labute approximate surface area is 117 Å². The number of benzene rings is 1. The number of methoxy groups -OCH3 is 1. The Hall–Kier alpha value is -2.06. The van der Waals surface area contributed by atoms with E-state index in [0.717, 1.165) is 0 Å². The minimum Gasteiger partial charge on any atom is -0.495 e. The van der Waals surface area contributed by atoms with Crippen LogP contribution in [0.1, 0.15) is 0 Å². The van der Waals surface area contributed by atoms with Crippen molar-refractivity contribution in [2.45, 2.75) is 11.4 Å². The van der Waals surface area contributed by atoms with E-state index in [0.29, 0.717) is 12.2 Å². The number of hydrogen-bond donors (Lipinski definition) is 2. The van der Waals surface area contributed by atoms with E-state index in [4.69, 9.17) is 10.5 Å². The third kappa shape index (κ3) is 3.28. The van der Waals surface area contributed by atoms with Gasteiger partial charge in [0.25, 0.3) is 0 Å². The molecule has 108 valence electrons. The number of nitrogens with one attached hydrogen (secondary N) is 1. The summed E-state index contributed by atoms with van der Waals surface area (Å²) in [5.74, 6) is 0.219. The lowest BCUT2D eigenvalue weighted by molar-refractivity contribution is 0.402. The van der Waals surface area contributed by atoms with Crippen LogP contribution in [0.2, 0.25) is 0 Å². The average molecular weight is 296 g/mol. The van der Waals surface area contributed by atoms with E-state index < -0.39 is 10.0 Å². The van der Waals surface area contributed by atoms with Gasteiger partial charge < -0.3 is 10.5 Å². The van der Waals surface area contributed by atoms with Crippen molar-refractivity contribution in [3.05, 3.63) is 36.7 Å². The second-order valence-corrected chi connectivity index (χ2v) is 5.81. The molecule has 1 heterocycles. The molecular formula is C12H16N4O3S. The van der Waals surface area contributed by atoms with Gasteiger partial charge in [-0.1, -0.05) is 0 Å². The van der Waals surface area contributed by atoms with Crippen molar-refractivity contribution in [1.82, 2.24) is 14.5 Å². The largest absolute Gasteiger partial charge is 0.495 e. The standard InChI is InChI=1S/C12H16N4O3S/c1-19-11-9-10(13)3-4-12(11)20(17,18)15-6-8-16-7-2-5-14-16/h2-5,7,9,15H,6,8,13H2,1H3. The second-order valence-electron chi connectivity index (χ2n) is 4.08. The zero-order valence-electron chi connectivity index (χ0n) is 11.0. The summed E-state index contributed by atoms with van der Waals surface area (Å²) < 4.78 is 33.6. The normalized spacial score (nSPS) is 11.4. The van der Waals surface area contributed by atoms with E-state index in [1.165, 1.54) is 25.3 Å². The average Bonchev–Trinajstić information content (AvgIpc) is 2.91. The smallest absolute Gasteiger partial charge is 0.244 e. The van der Waals surface area contributed by atoms with Crippen molar-refractivity contribution in [2.24, 2.45) is 0 Å². The first-order valence-electron chi connectivity index (χ1n) is 5.93. The fourth-order valence-electron chi connectivity index (χ4n) is 1.71. The van der Waals surface area contributed by atoms with Crippen LogP contribution in [0.3, 0.4) is 0 Å². The van der Waals surface area contributed by atoms with Crippen LogP contribution in [0.5, 0.6) is 5.75 Å². The van der Waals surface area contributed by atoms with Crippen molar-refractivity contribution in [1.29, 1.82) is 0 Å². The molecule has 2 rings (SSSR count). The third-order valence-corrected chi connectivity index (χ3v) is 4.17.